The standard InChI is InChI=1S/C30H33F3/c1-2-3-4-21-5-7-22(8-6-21)9-10-23-12-17-27-26(19-23)16-15-25(30(27)33)14-11-24-13-18-28(31)29(32)20-24/h2,12-13,15-22H,1,3-11,14H2. The highest BCUT2D eigenvalue weighted by atomic mass is 19.2. The molecule has 0 N–H and O–H groups in total. The molecule has 3 heteroatoms. The summed E-state index contributed by atoms with van der Waals surface area (Å²) in [4.78, 5) is 0. The Morgan fingerprint density at radius 1 is 0.727 bits per heavy atom. The highest BCUT2D eigenvalue weighted by molar-refractivity contribution is 5.84. The molecule has 0 aliphatic heterocycles. The molecular formula is C30H33F3. The lowest BCUT2D eigenvalue weighted by Crippen LogP contribution is -2.15. The molecule has 33 heavy (non-hydrogen) atoms. The van der Waals surface area contributed by atoms with Crippen molar-refractivity contribution < 1.29 is 13.2 Å². The quantitative estimate of drug-likeness (QED) is 0.286. The van der Waals surface area contributed by atoms with Crippen molar-refractivity contribution in [3.8, 4) is 0 Å². The predicted octanol–water partition coefficient (Wildman–Crippen LogP) is 8.75. The normalized spacial score (nSPS) is 18.5. The summed E-state index contributed by atoms with van der Waals surface area (Å²) >= 11 is 0. The number of halogens is 3. The molecule has 0 heterocycles. The van der Waals surface area contributed by atoms with Crippen LogP contribution in [0.3, 0.4) is 0 Å². The molecule has 1 saturated carbocycles. The topological polar surface area (TPSA) is 0 Å². The molecule has 1 aliphatic carbocycles. The van der Waals surface area contributed by atoms with Crippen molar-refractivity contribution >= 4 is 10.8 Å². The smallest absolute Gasteiger partial charge is 0.159 e. The number of fused-ring (bicyclic) bond motifs is 1. The minimum Gasteiger partial charge on any atom is -0.206 e. The minimum atomic E-state index is -0.861. The maximum Gasteiger partial charge on any atom is 0.159 e. The van der Waals surface area contributed by atoms with Crippen LogP contribution in [0.1, 0.15) is 61.6 Å². The number of hydrogen-bond acceptors (Lipinski definition) is 0. The highest BCUT2D eigenvalue weighted by Gasteiger charge is 2.20. The van der Waals surface area contributed by atoms with Crippen LogP contribution in [0.2, 0.25) is 0 Å². The van der Waals surface area contributed by atoms with Crippen LogP contribution in [0.5, 0.6) is 0 Å². The zero-order valence-corrected chi connectivity index (χ0v) is 19.3. The maximum atomic E-state index is 15.1. The Kier molecular flexibility index (Phi) is 7.90. The second kappa shape index (κ2) is 11.0. The first kappa shape index (κ1) is 23.6. The molecule has 174 valence electrons. The number of rotatable bonds is 9. The molecule has 0 radical (unpaired) electrons. The Bertz CT molecular complexity index is 1090. The van der Waals surface area contributed by atoms with Crippen LogP contribution in [0.4, 0.5) is 13.2 Å². The van der Waals surface area contributed by atoms with E-state index >= 15 is 4.39 Å². The van der Waals surface area contributed by atoms with Gasteiger partial charge in [0.2, 0.25) is 0 Å². The molecular weight excluding hydrogens is 417 g/mol. The summed E-state index contributed by atoms with van der Waals surface area (Å²) in [5, 5.41) is 1.55. The Morgan fingerprint density at radius 2 is 1.42 bits per heavy atom. The first-order chi connectivity index (χ1) is 16.0. The predicted molar refractivity (Wildman–Crippen MR) is 131 cm³/mol. The molecule has 3 aromatic rings. The molecule has 3 aromatic carbocycles. The van der Waals surface area contributed by atoms with Crippen molar-refractivity contribution in [2.24, 2.45) is 11.8 Å². The molecule has 0 nitrogen and oxygen atoms in total. The third kappa shape index (κ3) is 6.07. The first-order valence-electron chi connectivity index (χ1n) is 12.3. The van der Waals surface area contributed by atoms with Crippen molar-refractivity contribution in [2.75, 3.05) is 0 Å². The Morgan fingerprint density at radius 3 is 2.15 bits per heavy atom. The molecule has 0 spiro atoms. The van der Waals surface area contributed by atoms with Gasteiger partial charge in [-0.3, -0.25) is 0 Å². The van der Waals surface area contributed by atoms with Crippen LogP contribution in [-0.4, -0.2) is 0 Å². The SMILES string of the molecule is C=CCCC1CCC(CCc2ccc3c(F)c(CCc4ccc(F)c(F)c4)ccc3c2)CC1. The zero-order valence-electron chi connectivity index (χ0n) is 19.3. The Hall–Kier alpha value is -2.55. The summed E-state index contributed by atoms with van der Waals surface area (Å²) in [6.07, 6.45) is 12.9. The van der Waals surface area contributed by atoms with Crippen LogP contribution in [0, 0.1) is 29.3 Å². The summed E-state index contributed by atoms with van der Waals surface area (Å²) in [5.74, 6) is -0.253. The lowest BCUT2D eigenvalue weighted by Gasteiger charge is -2.28. The summed E-state index contributed by atoms with van der Waals surface area (Å²) in [7, 11) is 0. The summed E-state index contributed by atoms with van der Waals surface area (Å²) in [6.45, 7) is 3.83. The molecule has 1 fully saturated rings. The molecule has 0 bridgehead atoms. The fourth-order valence-electron chi connectivity index (χ4n) is 5.24. The summed E-state index contributed by atoms with van der Waals surface area (Å²) < 4.78 is 41.6. The van der Waals surface area contributed by atoms with Gasteiger partial charge in [-0.1, -0.05) is 68.2 Å². The maximum absolute atomic E-state index is 15.1. The van der Waals surface area contributed by atoms with Gasteiger partial charge >= 0.3 is 0 Å². The fraction of sp³-hybridized carbons (Fsp3) is 0.400. The summed E-state index contributed by atoms with van der Waals surface area (Å²) in [6, 6.07) is 13.7. The lowest BCUT2D eigenvalue weighted by atomic mass is 9.78. The van der Waals surface area contributed by atoms with E-state index in [4.69, 9.17) is 0 Å². The van der Waals surface area contributed by atoms with Crippen molar-refractivity contribution in [1.29, 1.82) is 0 Å². The van der Waals surface area contributed by atoms with Gasteiger partial charge in [0.05, 0.1) is 0 Å². The van der Waals surface area contributed by atoms with E-state index in [1.165, 1.54) is 50.2 Å². The van der Waals surface area contributed by atoms with Gasteiger partial charge in [-0.15, -0.1) is 6.58 Å². The highest BCUT2D eigenvalue weighted by Crippen LogP contribution is 2.34. The molecule has 0 saturated heterocycles. The van der Waals surface area contributed by atoms with Crippen molar-refractivity contribution in [1.82, 2.24) is 0 Å². The van der Waals surface area contributed by atoms with Crippen molar-refractivity contribution in [2.45, 2.75) is 64.2 Å². The average Bonchev–Trinajstić information content (AvgIpc) is 2.83. The van der Waals surface area contributed by atoms with Gasteiger partial charge in [0, 0.05) is 5.39 Å². The Balaban J connectivity index is 1.34. The zero-order chi connectivity index (χ0) is 23.2. The van der Waals surface area contributed by atoms with E-state index in [-0.39, 0.29) is 5.82 Å². The van der Waals surface area contributed by atoms with Crippen LogP contribution >= 0.6 is 0 Å². The monoisotopic (exact) mass is 450 g/mol. The van der Waals surface area contributed by atoms with E-state index in [1.807, 2.05) is 24.3 Å². The number of benzene rings is 3. The van der Waals surface area contributed by atoms with Gasteiger partial charge < -0.3 is 0 Å². The van der Waals surface area contributed by atoms with Gasteiger partial charge in [0.15, 0.2) is 11.6 Å². The van der Waals surface area contributed by atoms with Gasteiger partial charge in [0.25, 0.3) is 0 Å². The third-order valence-electron chi connectivity index (χ3n) is 7.35. The molecule has 1 aliphatic rings. The largest absolute Gasteiger partial charge is 0.206 e. The van der Waals surface area contributed by atoms with E-state index < -0.39 is 11.6 Å². The molecule has 4 rings (SSSR count). The molecule has 0 unspecified atom stereocenters. The van der Waals surface area contributed by atoms with E-state index in [2.05, 4.69) is 18.7 Å². The fourth-order valence-corrected chi connectivity index (χ4v) is 5.24. The van der Waals surface area contributed by atoms with E-state index in [9.17, 15) is 8.78 Å². The third-order valence-corrected chi connectivity index (χ3v) is 7.35. The number of aryl methyl sites for hydroxylation is 3. The van der Waals surface area contributed by atoms with E-state index in [1.54, 1.807) is 6.07 Å². The second-order valence-corrected chi connectivity index (χ2v) is 9.63. The second-order valence-electron chi connectivity index (χ2n) is 9.63. The minimum absolute atomic E-state index is 0.209. The number of hydrogen-bond donors (Lipinski definition) is 0. The van der Waals surface area contributed by atoms with E-state index in [0.717, 1.165) is 36.1 Å². The van der Waals surface area contributed by atoms with Gasteiger partial charge in [-0.05, 0) is 84.6 Å². The van der Waals surface area contributed by atoms with Crippen molar-refractivity contribution in [3.63, 3.8) is 0 Å². The van der Waals surface area contributed by atoms with Crippen LogP contribution < -0.4 is 0 Å². The Labute approximate surface area is 195 Å². The first-order valence-corrected chi connectivity index (χ1v) is 12.3. The van der Waals surface area contributed by atoms with Crippen LogP contribution in [0.15, 0.2) is 61.2 Å². The van der Waals surface area contributed by atoms with Gasteiger partial charge in [0.1, 0.15) is 5.82 Å². The van der Waals surface area contributed by atoms with Crippen LogP contribution in [-0.2, 0) is 19.3 Å². The summed E-state index contributed by atoms with van der Waals surface area (Å²) in [5.41, 5.74) is 2.54. The molecule has 0 atom stereocenters. The average molecular weight is 451 g/mol. The molecule has 0 aromatic heterocycles. The van der Waals surface area contributed by atoms with Gasteiger partial charge in [-0.25, -0.2) is 13.2 Å². The lowest BCUT2D eigenvalue weighted by molar-refractivity contribution is 0.254. The van der Waals surface area contributed by atoms with Gasteiger partial charge in [-0.2, -0.15) is 0 Å². The number of allylic oxidation sites excluding steroid dienone is 1. The van der Waals surface area contributed by atoms with Crippen LogP contribution in [0.25, 0.3) is 10.8 Å². The molecule has 0 amide bonds. The van der Waals surface area contributed by atoms with Crippen molar-refractivity contribution in [3.05, 3.63) is 95.3 Å². The van der Waals surface area contributed by atoms with E-state index in [0.29, 0.717) is 29.4 Å².